The highest BCUT2D eigenvalue weighted by molar-refractivity contribution is 5.81. The number of amides is 1. The van der Waals surface area contributed by atoms with Crippen molar-refractivity contribution in [2.24, 2.45) is 0 Å². The highest BCUT2D eigenvalue weighted by Crippen LogP contribution is 2.15. The molecule has 1 aliphatic heterocycles. The molecule has 19 heavy (non-hydrogen) atoms. The fourth-order valence-corrected chi connectivity index (χ4v) is 2.63. The summed E-state index contributed by atoms with van der Waals surface area (Å²) in [5, 5.41) is 3.03. The van der Waals surface area contributed by atoms with Gasteiger partial charge < -0.3 is 9.73 Å². The van der Waals surface area contributed by atoms with E-state index in [0.29, 0.717) is 6.54 Å². The third-order valence-electron chi connectivity index (χ3n) is 3.79. The van der Waals surface area contributed by atoms with Gasteiger partial charge in [-0.1, -0.05) is 12.8 Å². The van der Waals surface area contributed by atoms with E-state index in [4.69, 9.17) is 4.42 Å². The summed E-state index contributed by atoms with van der Waals surface area (Å²) in [7, 11) is 2.05. The van der Waals surface area contributed by atoms with Crippen LogP contribution < -0.4 is 5.32 Å². The minimum absolute atomic E-state index is 0.0424. The van der Waals surface area contributed by atoms with Crippen molar-refractivity contribution in [3.05, 3.63) is 23.7 Å². The van der Waals surface area contributed by atoms with Gasteiger partial charge in [0, 0.05) is 13.0 Å². The molecule has 1 N–H and O–H groups in total. The Labute approximate surface area is 115 Å². The Balaban J connectivity index is 1.76. The van der Waals surface area contributed by atoms with Crippen LogP contribution in [0.2, 0.25) is 0 Å². The number of carbonyl (C=O) groups is 1. The first-order valence-electron chi connectivity index (χ1n) is 7.20. The van der Waals surface area contributed by atoms with Crippen molar-refractivity contribution in [3.63, 3.8) is 0 Å². The molecule has 2 rings (SSSR count). The Hall–Kier alpha value is -1.29. The van der Waals surface area contributed by atoms with E-state index in [-0.39, 0.29) is 11.9 Å². The fraction of sp³-hybridized carbons (Fsp3) is 0.667. The lowest BCUT2D eigenvalue weighted by molar-refractivity contribution is -0.126. The van der Waals surface area contributed by atoms with Crippen LogP contribution in [0.15, 0.2) is 16.5 Å². The number of likely N-dealkylation sites (tertiary alicyclic amines) is 1. The number of carbonyl (C=O) groups excluding carboxylic acids is 1. The van der Waals surface area contributed by atoms with E-state index in [9.17, 15) is 4.79 Å². The van der Waals surface area contributed by atoms with E-state index in [1.165, 1.54) is 12.8 Å². The average Bonchev–Trinajstić information content (AvgIpc) is 2.67. The highest BCUT2D eigenvalue weighted by Gasteiger charge is 2.24. The van der Waals surface area contributed by atoms with Gasteiger partial charge in [-0.15, -0.1) is 0 Å². The number of rotatable bonds is 4. The van der Waals surface area contributed by atoms with Crippen molar-refractivity contribution in [2.75, 3.05) is 20.1 Å². The monoisotopic (exact) mass is 264 g/mol. The number of furan rings is 1. The van der Waals surface area contributed by atoms with Crippen LogP contribution in [0.1, 0.15) is 37.2 Å². The lowest BCUT2D eigenvalue weighted by Gasteiger charge is -2.24. The van der Waals surface area contributed by atoms with Crippen LogP contribution in [0.5, 0.6) is 0 Å². The predicted octanol–water partition coefficient (Wildman–Crippen LogP) is 2.12. The Kier molecular flexibility index (Phi) is 5.02. The summed E-state index contributed by atoms with van der Waals surface area (Å²) in [5.74, 6) is 2.02. The zero-order valence-corrected chi connectivity index (χ0v) is 11.9. The molecule has 1 amide bonds. The molecule has 0 radical (unpaired) electrons. The molecule has 4 nitrogen and oxygen atoms in total. The molecule has 0 bridgehead atoms. The molecule has 2 heterocycles. The molecule has 0 aliphatic carbocycles. The number of aryl methyl sites for hydroxylation is 1. The van der Waals surface area contributed by atoms with E-state index >= 15 is 0 Å². The Morgan fingerprint density at radius 1 is 1.42 bits per heavy atom. The summed E-state index contributed by atoms with van der Waals surface area (Å²) in [6, 6.07) is 3.97. The van der Waals surface area contributed by atoms with Gasteiger partial charge in [0.05, 0.1) is 6.04 Å². The number of likely N-dealkylation sites (N-methyl/N-ethyl adjacent to an activating group) is 1. The molecule has 1 aliphatic rings. The normalized spacial score (nSPS) is 21.1. The summed E-state index contributed by atoms with van der Waals surface area (Å²) in [4.78, 5) is 14.4. The SMILES string of the molecule is Cc1ccc(CCNC(=O)[C@@H]2CCCCCN2C)o1. The third-order valence-corrected chi connectivity index (χ3v) is 3.79. The lowest BCUT2D eigenvalue weighted by atomic mass is 10.1. The molecule has 1 aromatic rings. The smallest absolute Gasteiger partial charge is 0.237 e. The predicted molar refractivity (Wildman–Crippen MR) is 75.0 cm³/mol. The molecule has 0 unspecified atom stereocenters. The first-order chi connectivity index (χ1) is 9.16. The summed E-state index contributed by atoms with van der Waals surface area (Å²) < 4.78 is 5.49. The van der Waals surface area contributed by atoms with Crippen molar-refractivity contribution in [1.29, 1.82) is 0 Å². The van der Waals surface area contributed by atoms with Crippen LogP contribution in [0.4, 0.5) is 0 Å². The average molecular weight is 264 g/mol. The topological polar surface area (TPSA) is 45.5 Å². The Morgan fingerprint density at radius 3 is 3.00 bits per heavy atom. The molecule has 4 heteroatoms. The second-order valence-corrected chi connectivity index (χ2v) is 5.40. The molecular weight excluding hydrogens is 240 g/mol. The Bertz CT molecular complexity index is 414. The van der Waals surface area contributed by atoms with Gasteiger partial charge in [0.2, 0.25) is 5.91 Å². The van der Waals surface area contributed by atoms with Gasteiger partial charge >= 0.3 is 0 Å². The first-order valence-corrected chi connectivity index (χ1v) is 7.20. The van der Waals surface area contributed by atoms with Crippen LogP contribution >= 0.6 is 0 Å². The minimum Gasteiger partial charge on any atom is -0.466 e. The lowest BCUT2D eigenvalue weighted by Crippen LogP contribution is -2.45. The number of nitrogens with zero attached hydrogens (tertiary/aromatic N) is 1. The van der Waals surface area contributed by atoms with Gasteiger partial charge in [-0.05, 0) is 45.5 Å². The second kappa shape index (κ2) is 6.75. The molecule has 1 fully saturated rings. The molecule has 1 aromatic heterocycles. The fourth-order valence-electron chi connectivity index (χ4n) is 2.63. The van der Waals surface area contributed by atoms with Gasteiger partial charge in [-0.25, -0.2) is 0 Å². The van der Waals surface area contributed by atoms with Gasteiger partial charge in [0.1, 0.15) is 11.5 Å². The molecule has 0 saturated carbocycles. The maximum absolute atomic E-state index is 12.2. The van der Waals surface area contributed by atoms with Crippen LogP contribution in [0.25, 0.3) is 0 Å². The van der Waals surface area contributed by atoms with Crippen molar-refractivity contribution in [1.82, 2.24) is 10.2 Å². The molecule has 106 valence electrons. The van der Waals surface area contributed by atoms with E-state index in [2.05, 4.69) is 10.2 Å². The maximum atomic E-state index is 12.2. The van der Waals surface area contributed by atoms with E-state index in [0.717, 1.165) is 37.3 Å². The standard InChI is InChI=1S/C15H24N2O2/c1-12-7-8-13(19-12)9-10-16-15(18)14-6-4-3-5-11-17(14)2/h7-8,14H,3-6,9-11H2,1-2H3,(H,16,18)/t14-/m0/s1. The molecule has 1 saturated heterocycles. The van der Waals surface area contributed by atoms with E-state index < -0.39 is 0 Å². The highest BCUT2D eigenvalue weighted by atomic mass is 16.3. The van der Waals surface area contributed by atoms with Gasteiger partial charge in [0.15, 0.2) is 0 Å². The molecular formula is C15H24N2O2. The van der Waals surface area contributed by atoms with Crippen molar-refractivity contribution in [3.8, 4) is 0 Å². The summed E-state index contributed by atoms with van der Waals surface area (Å²) in [6.07, 6.45) is 5.32. The van der Waals surface area contributed by atoms with Crippen LogP contribution in [-0.4, -0.2) is 37.0 Å². The largest absolute Gasteiger partial charge is 0.466 e. The van der Waals surface area contributed by atoms with Crippen molar-refractivity contribution in [2.45, 2.75) is 45.1 Å². The maximum Gasteiger partial charge on any atom is 0.237 e. The van der Waals surface area contributed by atoms with Crippen LogP contribution in [0, 0.1) is 6.92 Å². The van der Waals surface area contributed by atoms with Crippen molar-refractivity contribution >= 4 is 5.91 Å². The van der Waals surface area contributed by atoms with Crippen LogP contribution in [0.3, 0.4) is 0 Å². The number of nitrogens with one attached hydrogen (secondary N) is 1. The molecule has 1 atom stereocenters. The zero-order chi connectivity index (χ0) is 13.7. The first kappa shape index (κ1) is 14.1. The van der Waals surface area contributed by atoms with E-state index in [1.807, 2.05) is 26.1 Å². The number of hydrogen-bond donors (Lipinski definition) is 1. The molecule has 0 aromatic carbocycles. The Morgan fingerprint density at radius 2 is 2.26 bits per heavy atom. The summed E-state index contributed by atoms with van der Waals surface area (Å²) >= 11 is 0. The third kappa shape index (κ3) is 4.10. The minimum atomic E-state index is 0.0424. The van der Waals surface area contributed by atoms with Gasteiger partial charge in [0.25, 0.3) is 0 Å². The van der Waals surface area contributed by atoms with E-state index in [1.54, 1.807) is 0 Å². The molecule has 0 spiro atoms. The summed E-state index contributed by atoms with van der Waals surface area (Å²) in [5.41, 5.74) is 0. The van der Waals surface area contributed by atoms with Crippen LogP contribution in [-0.2, 0) is 11.2 Å². The van der Waals surface area contributed by atoms with Crippen molar-refractivity contribution < 1.29 is 9.21 Å². The van der Waals surface area contributed by atoms with Gasteiger partial charge in [-0.2, -0.15) is 0 Å². The number of hydrogen-bond acceptors (Lipinski definition) is 3. The summed E-state index contributed by atoms with van der Waals surface area (Å²) in [6.45, 7) is 3.61. The van der Waals surface area contributed by atoms with Gasteiger partial charge in [-0.3, -0.25) is 9.69 Å². The zero-order valence-electron chi connectivity index (χ0n) is 11.9. The quantitative estimate of drug-likeness (QED) is 0.906. The second-order valence-electron chi connectivity index (χ2n) is 5.40.